The second kappa shape index (κ2) is 9.47. The molecule has 3 aromatic rings. The first-order valence-electron chi connectivity index (χ1n) is 11.9. The average molecular weight is 501 g/mol. The zero-order valence-electron chi connectivity index (χ0n) is 19.7. The van der Waals surface area contributed by atoms with E-state index in [1.54, 1.807) is 21.5 Å². The zero-order chi connectivity index (χ0) is 23.9. The summed E-state index contributed by atoms with van der Waals surface area (Å²) in [5, 5.41) is 9.97. The number of pyridine rings is 1. The standard InChI is InChI=1S/C24H32N6O2S2/c1-17(34(25)32)15-18-5-3-8-24(18)9-13-29(14-10-24)23-26-16-21(22(31)28(23)2)33-20-6-4-12-30-19(20)7-11-27-30/h4,6-7,11-12,16-18H,3,5,8-10,13-15,25H2,1-2H3/t17?,18-,34?/m1/s1. The first-order chi connectivity index (χ1) is 16.4. The fraction of sp³-hybridized carbons (Fsp3) is 0.542. The van der Waals surface area contributed by atoms with Gasteiger partial charge in [0.1, 0.15) is 0 Å². The van der Waals surface area contributed by atoms with Crippen LogP contribution in [0, 0.1) is 11.3 Å². The molecule has 3 atom stereocenters. The van der Waals surface area contributed by atoms with Gasteiger partial charge in [0, 0.05) is 36.5 Å². The molecule has 2 N–H and O–H groups in total. The van der Waals surface area contributed by atoms with E-state index in [4.69, 9.17) is 10.1 Å². The maximum absolute atomic E-state index is 13.2. The number of rotatable bonds is 6. The van der Waals surface area contributed by atoms with Gasteiger partial charge in [0.25, 0.3) is 5.56 Å². The van der Waals surface area contributed by atoms with Crippen molar-refractivity contribution in [2.75, 3.05) is 18.0 Å². The third-order valence-electron chi connectivity index (χ3n) is 7.88. The smallest absolute Gasteiger partial charge is 0.268 e. The Morgan fingerprint density at radius 3 is 2.82 bits per heavy atom. The van der Waals surface area contributed by atoms with Crippen LogP contribution in [0.5, 0.6) is 0 Å². The third kappa shape index (κ3) is 4.31. The molecule has 8 nitrogen and oxygen atoms in total. The van der Waals surface area contributed by atoms with E-state index in [0.29, 0.717) is 16.2 Å². The fourth-order valence-corrected chi connectivity index (χ4v) is 7.29. The molecule has 1 aliphatic heterocycles. The normalized spacial score (nSPS) is 21.9. The van der Waals surface area contributed by atoms with Gasteiger partial charge >= 0.3 is 0 Å². The lowest BCUT2D eigenvalue weighted by Crippen LogP contribution is -2.44. The van der Waals surface area contributed by atoms with E-state index in [1.165, 1.54) is 31.0 Å². The SMILES string of the molecule is CC(C[C@H]1CCCC12CCN(c1ncc(Sc3cccn4nccc34)c(=O)n1C)CC2)S(N)=O. The monoisotopic (exact) mass is 500 g/mol. The Hall–Kier alpha value is -2.17. The van der Waals surface area contributed by atoms with Gasteiger partial charge in [-0.05, 0) is 68.6 Å². The van der Waals surface area contributed by atoms with Crippen LogP contribution in [0.2, 0.25) is 0 Å². The highest BCUT2D eigenvalue weighted by atomic mass is 32.2. The van der Waals surface area contributed by atoms with Gasteiger partial charge in [-0.3, -0.25) is 14.5 Å². The first-order valence-corrected chi connectivity index (χ1v) is 14.0. The molecule has 0 amide bonds. The molecule has 3 aromatic heterocycles. The Balaban J connectivity index is 1.31. The topological polar surface area (TPSA) is 98.5 Å². The summed E-state index contributed by atoms with van der Waals surface area (Å²) in [6, 6.07) is 5.87. The number of hydrogen-bond acceptors (Lipinski definition) is 6. The Labute approximate surface area is 206 Å². The summed E-state index contributed by atoms with van der Waals surface area (Å²) >= 11 is 1.43. The minimum atomic E-state index is -1.26. The minimum Gasteiger partial charge on any atom is -0.342 e. The van der Waals surface area contributed by atoms with Crippen LogP contribution in [0.1, 0.15) is 45.4 Å². The van der Waals surface area contributed by atoms with E-state index in [9.17, 15) is 9.00 Å². The molecule has 1 saturated heterocycles. The van der Waals surface area contributed by atoms with Crippen LogP contribution < -0.4 is 15.6 Å². The van der Waals surface area contributed by atoms with E-state index in [0.717, 1.165) is 48.7 Å². The quantitative estimate of drug-likeness (QED) is 0.557. The molecule has 10 heteroatoms. The van der Waals surface area contributed by atoms with Crippen LogP contribution in [-0.4, -0.2) is 41.7 Å². The Kier molecular flexibility index (Phi) is 6.56. The highest BCUT2D eigenvalue weighted by Crippen LogP contribution is 2.52. The maximum atomic E-state index is 13.2. The zero-order valence-corrected chi connectivity index (χ0v) is 21.4. The number of nitrogens with zero attached hydrogens (tertiary/aromatic N) is 5. The second-order valence-corrected chi connectivity index (χ2v) is 12.3. The predicted octanol–water partition coefficient (Wildman–Crippen LogP) is 3.37. The van der Waals surface area contributed by atoms with Crippen LogP contribution in [0.15, 0.2) is 51.4 Å². The Morgan fingerprint density at radius 1 is 1.26 bits per heavy atom. The van der Waals surface area contributed by atoms with Crippen LogP contribution in [0.4, 0.5) is 5.95 Å². The number of anilines is 1. The molecule has 0 aromatic carbocycles. The van der Waals surface area contributed by atoms with E-state index in [1.807, 2.05) is 38.4 Å². The summed E-state index contributed by atoms with van der Waals surface area (Å²) in [5.74, 6) is 1.32. The molecular formula is C24H32N6O2S2. The summed E-state index contributed by atoms with van der Waals surface area (Å²) in [5.41, 5.74) is 1.25. The van der Waals surface area contributed by atoms with Crippen molar-refractivity contribution in [1.82, 2.24) is 19.2 Å². The molecule has 0 bridgehead atoms. The van der Waals surface area contributed by atoms with Crippen molar-refractivity contribution < 1.29 is 4.21 Å². The lowest BCUT2D eigenvalue weighted by atomic mass is 9.69. The molecule has 34 heavy (non-hydrogen) atoms. The van der Waals surface area contributed by atoms with Gasteiger partial charge in [-0.25, -0.2) is 13.7 Å². The van der Waals surface area contributed by atoms with E-state index >= 15 is 0 Å². The van der Waals surface area contributed by atoms with Gasteiger partial charge in [0.2, 0.25) is 5.95 Å². The number of nitrogens with two attached hydrogens (primary N) is 1. The molecule has 1 spiro atoms. The van der Waals surface area contributed by atoms with Crippen molar-refractivity contribution in [2.24, 2.45) is 23.5 Å². The fourth-order valence-electron chi connectivity index (χ4n) is 5.89. The van der Waals surface area contributed by atoms with Crippen molar-refractivity contribution in [3.05, 3.63) is 47.1 Å². The minimum absolute atomic E-state index is 0.0326. The van der Waals surface area contributed by atoms with Crippen LogP contribution in [0.3, 0.4) is 0 Å². The molecule has 2 fully saturated rings. The van der Waals surface area contributed by atoms with Crippen molar-refractivity contribution in [2.45, 2.75) is 60.5 Å². The molecule has 182 valence electrons. The van der Waals surface area contributed by atoms with Crippen molar-refractivity contribution in [1.29, 1.82) is 0 Å². The lowest BCUT2D eigenvalue weighted by molar-refractivity contribution is 0.141. The Morgan fingerprint density at radius 2 is 2.06 bits per heavy atom. The number of hydrogen-bond donors (Lipinski definition) is 1. The number of piperidine rings is 1. The summed E-state index contributed by atoms with van der Waals surface area (Å²) in [6.45, 7) is 3.78. The molecule has 4 heterocycles. The molecule has 1 aliphatic carbocycles. The lowest BCUT2D eigenvalue weighted by Gasteiger charge is -2.44. The van der Waals surface area contributed by atoms with E-state index < -0.39 is 11.0 Å². The van der Waals surface area contributed by atoms with Crippen LogP contribution in [-0.2, 0) is 18.0 Å². The molecular weight excluding hydrogens is 468 g/mol. The third-order valence-corrected chi connectivity index (χ3v) is 9.93. The van der Waals surface area contributed by atoms with Crippen molar-refractivity contribution in [3.63, 3.8) is 0 Å². The van der Waals surface area contributed by atoms with Crippen molar-refractivity contribution >= 4 is 34.2 Å². The summed E-state index contributed by atoms with van der Waals surface area (Å²) in [4.78, 5) is 21.8. The van der Waals surface area contributed by atoms with E-state index in [2.05, 4.69) is 10.00 Å². The molecule has 2 unspecified atom stereocenters. The van der Waals surface area contributed by atoms with Gasteiger partial charge in [0.15, 0.2) is 0 Å². The number of aromatic nitrogens is 4. The van der Waals surface area contributed by atoms with Gasteiger partial charge in [0.05, 0.1) is 33.8 Å². The average Bonchev–Trinajstić information content (AvgIpc) is 3.46. The van der Waals surface area contributed by atoms with Gasteiger partial charge in [-0.2, -0.15) is 5.10 Å². The first kappa shape index (κ1) is 23.6. The summed E-state index contributed by atoms with van der Waals surface area (Å²) in [6.07, 6.45) is 12.1. The van der Waals surface area contributed by atoms with Crippen LogP contribution in [0.25, 0.3) is 5.52 Å². The largest absolute Gasteiger partial charge is 0.342 e. The molecule has 0 radical (unpaired) electrons. The second-order valence-electron chi connectivity index (χ2n) is 9.74. The molecule has 5 rings (SSSR count). The van der Waals surface area contributed by atoms with E-state index in [-0.39, 0.29) is 10.8 Å². The summed E-state index contributed by atoms with van der Waals surface area (Å²) < 4.78 is 15.2. The predicted molar refractivity (Wildman–Crippen MR) is 136 cm³/mol. The van der Waals surface area contributed by atoms with Gasteiger partial charge in [-0.1, -0.05) is 18.2 Å². The molecule has 1 saturated carbocycles. The maximum Gasteiger partial charge on any atom is 0.268 e. The highest BCUT2D eigenvalue weighted by molar-refractivity contribution is 7.99. The number of fused-ring (bicyclic) bond motifs is 1. The Bertz CT molecular complexity index is 1260. The van der Waals surface area contributed by atoms with Gasteiger partial charge < -0.3 is 4.90 Å². The van der Waals surface area contributed by atoms with Crippen molar-refractivity contribution in [3.8, 4) is 0 Å². The van der Waals surface area contributed by atoms with Crippen LogP contribution >= 0.6 is 11.8 Å². The highest BCUT2D eigenvalue weighted by Gasteiger charge is 2.45. The summed E-state index contributed by atoms with van der Waals surface area (Å²) in [7, 11) is 0.557. The molecule has 2 aliphatic rings. The van der Waals surface area contributed by atoms with Gasteiger partial charge in [-0.15, -0.1) is 0 Å².